The molecular weight excluding hydrogens is 304 g/mol. The van der Waals surface area contributed by atoms with Crippen molar-refractivity contribution in [2.45, 2.75) is 17.4 Å². The SMILES string of the molecule is NS(=O)(=O)c1ccc(NC(=O)[C@@H]2Cc3ccccc3O2)cc1. The highest BCUT2D eigenvalue weighted by molar-refractivity contribution is 7.89. The van der Waals surface area contributed by atoms with E-state index in [1.54, 1.807) is 0 Å². The van der Waals surface area contributed by atoms with Gasteiger partial charge in [0.15, 0.2) is 6.10 Å². The summed E-state index contributed by atoms with van der Waals surface area (Å²) in [5, 5.41) is 7.72. The van der Waals surface area contributed by atoms with Crippen LogP contribution in [-0.2, 0) is 21.2 Å². The maximum Gasteiger partial charge on any atom is 0.265 e. The molecule has 7 heteroatoms. The van der Waals surface area contributed by atoms with E-state index < -0.39 is 16.1 Å². The first-order chi connectivity index (χ1) is 10.4. The lowest BCUT2D eigenvalue weighted by Crippen LogP contribution is -2.31. The molecule has 1 amide bonds. The van der Waals surface area contributed by atoms with Crippen molar-refractivity contribution in [1.29, 1.82) is 0 Å². The lowest BCUT2D eigenvalue weighted by molar-refractivity contribution is -0.122. The summed E-state index contributed by atoms with van der Waals surface area (Å²) in [5.41, 5.74) is 1.48. The van der Waals surface area contributed by atoms with E-state index in [1.807, 2.05) is 24.3 Å². The van der Waals surface area contributed by atoms with Gasteiger partial charge in [-0.2, -0.15) is 0 Å². The van der Waals surface area contributed by atoms with Gasteiger partial charge in [-0.05, 0) is 35.9 Å². The molecular formula is C15H14N2O4S. The first-order valence-corrected chi connectivity index (χ1v) is 8.16. The number of sulfonamides is 1. The average molecular weight is 318 g/mol. The Balaban J connectivity index is 1.68. The number of primary sulfonamides is 1. The minimum Gasteiger partial charge on any atom is -0.480 e. The zero-order valence-electron chi connectivity index (χ0n) is 11.5. The van der Waals surface area contributed by atoms with Crippen LogP contribution in [0.1, 0.15) is 5.56 Å². The number of rotatable bonds is 3. The molecule has 0 bridgehead atoms. The van der Waals surface area contributed by atoms with Gasteiger partial charge in [-0.3, -0.25) is 4.79 Å². The zero-order chi connectivity index (χ0) is 15.7. The average Bonchev–Trinajstić information content (AvgIpc) is 2.91. The smallest absolute Gasteiger partial charge is 0.265 e. The number of carbonyl (C=O) groups is 1. The van der Waals surface area contributed by atoms with E-state index in [4.69, 9.17) is 9.88 Å². The van der Waals surface area contributed by atoms with Crippen LogP contribution in [0.15, 0.2) is 53.4 Å². The fourth-order valence-corrected chi connectivity index (χ4v) is 2.79. The van der Waals surface area contributed by atoms with Gasteiger partial charge in [-0.1, -0.05) is 18.2 Å². The maximum atomic E-state index is 12.2. The van der Waals surface area contributed by atoms with Gasteiger partial charge in [0.05, 0.1) is 4.90 Å². The van der Waals surface area contributed by atoms with Crippen LogP contribution in [0.2, 0.25) is 0 Å². The Labute approximate surface area is 128 Å². The van der Waals surface area contributed by atoms with E-state index >= 15 is 0 Å². The zero-order valence-corrected chi connectivity index (χ0v) is 12.3. The van der Waals surface area contributed by atoms with Gasteiger partial charge in [0.25, 0.3) is 5.91 Å². The second-order valence-corrected chi connectivity index (χ2v) is 6.54. The number of nitrogens with one attached hydrogen (secondary N) is 1. The molecule has 0 aliphatic carbocycles. The van der Waals surface area contributed by atoms with Gasteiger partial charge in [-0.25, -0.2) is 13.6 Å². The van der Waals surface area contributed by atoms with Gasteiger partial charge in [0.1, 0.15) is 5.75 Å². The van der Waals surface area contributed by atoms with Crippen molar-refractivity contribution in [3.63, 3.8) is 0 Å². The summed E-state index contributed by atoms with van der Waals surface area (Å²) < 4.78 is 27.9. The number of anilines is 1. The first-order valence-electron chi connectivity index (χ1n) is 6.62. The Morgan fingerprint density at radius 2 is 1.82 bits per heavy atom. The quantitative estimate of drug-likeness (QED) is 0.890. The maximum absolute atomic E-state index is 12.2. The third-order valence-electron chi connectivity index (χ3n) is 3.39. The number of hydrogen-bond donors (Lipinski definition) is 2. The number of benzene rings is 2. The Bertz CT molecular complexity index is 791. The van der Waals surface area contributed by atoms with E-state index in [1.165, 1.54) is 24.3 Å². The topological polar surface area (TPSA) is 98.5 Å². The summed E-state index contributed by atoms with van der Waals surface area (Å²) in [7, 11) is -3.74. The predicted molar refractivity (Wildman–Crippen MR) is 81.0 cm³/mol. The van der Waals surface area contributed by atoms with Crippen LogP contribution in [0.4, 0.5) is 5.69 Å². The van der Waals surface area contributed by atoms with E-state index in [0.717, 1.165) is 5.56 Å². The van der Waals surface area contributed by atoms with Gasteiger partial charge in [0.2, 0.25) is 10.0 Å². The number of hydrogen-bond acceptors (Lipinski definition) is 4. The molecule has 114 valence electrons. The molecule has 3 rings (SSSR count). The standard InChI is InChI=1S/C15H14N2O4S/c16-22(19,20)12-7-5-11(6-8-12)17-15(18)14-9-10-3-1-2-4-13(10)21-14/h1-8,14H,9H2,(H,17,18)(H2,16,19,20)/t14-/m0/s1. The van der Waals surface area contributed by atoms with Crippen molar-refractivity contribution in [1.82, 2.24) is 0 Å². The van der Waals surface area contributed by atoms with Crippen LogP contribution in [0.25, 0.3) is 0 Å². The Kier molecular flexibility index (Phi) is 3.59. The van der Waals surface area contributed by atoms with Crippen LogP contribution in [0.5, 0.6) is 5.75 Å². The van der Waals surface area contributed by atoms with Crippen molar-refractivity contribution >= 4 is 21.6 Å². The van der Waals surface area contributed by atoms with Gasteiger partial charge in [0, 0.05) is 12.1 Å². The summed E-state index contributed by atoms with van der Waals surface area (Å²) >= 11 is 0. The molecule has 0 unspecified atom stereocenters. The number of ether oxygens (including phenoxy) is 1. The van der Waals surface area contributed by atoms with Crippen molar-refractivity contribution in [2.75, 3.05) is 5.32 Å². The molecule has 0 aromatic heterocycles. The summed E-state index contributed by atoms with van der Waals surface area (Å²) in [5.74, 6) is 0.437. The second kappa shape index (κ2) is 5.43. The number of amides is 1. The summed E-state index contributed by atoms with van der Waals surface area (Å²) in [6, 6.07) is 13.1. The molecule has 1 heterocycles. The molecule has 0 saturated heterocycles. The van der Waals surface area contributed by atoms with E-state index in [2.05, 4.69) is 5.32 Å². The minimum absolute atomic E-state index is 0.00461. The fraction of sp³-hybridized carbons (Fsp3) is 0.133. The highest BCUT2D eigenvalue weighted by atomic mass is 32.2. The third-order valence-corrected chi connectivity index (χ3v) is 4.32. The van der Waals surface area contributed by atoms with Crippen LogP contribution < -0.4 is 15.2 Å². The number of nitrogens with two attached hydrogens (primary N) is 1. The minimum atomic E-state index is -3.74. The molecule has 1 aliphatic rings. The third kappa shape index (κ3) is 2.95. The molecule has 0 radical (unpaired) electrons. The van der Waals surface area contributed by atoms with Gasteiger partial charge in [-0.15, -0.1) is 0 Å². The monoisotopic (exact) mass is 318 g/mol. The second-order valence-electron chi connectivity index (χ2n) is 4.98. The summed E-state index contributed by atoms with van der Waals surface area (Å²) in [6.07, 6.45) is -0.0765. The van der Waals surface area contributed by atoms with Crippen molar-refractivity contribution in [3.8, 4) is 5.75 Å². The number of para-hydroxylation sites is 1. The van der Waals surface area contributed by atoms with Crippen LogP contribution in [0, 0.1) is 0 Å². The van der Waals surface area contributed by atoms with Crippen molar-refractivity contribution in [2.24, 2.45) is 5.14 Å². The number of carbonyl (C=O) groups excluding carboxylic acids is 1. The first kappa shape index (κ1) is 14.6. The normalized spacial score (nSPS) is 16.7. The molecule has 1 atom stereocenters. The predicted octanol–water partition coefficient (Wildman–Crippen LogP) is 1.28. The number of fused-ring (bicyclic) bond motifs is 1. The highest BCUT2D eigenvalue weighted by Gasteiger charge is 2.28. The lowest BCUT2D eigenvalue weighted by atomic mass is 10.1. The highest BCUT2D eigenvalue weighted by Crippen LogP contribution is 2.28. The molecule has 6 nitrogen and oxygen atoms in total. The van der Waals surface area contributed by atoms with Gasteiger partial charge >= 0.3 is 0 Å². The van der Waals surface area contributed by atoms with E-state index in [-0.39, 0.29) is 10.8 Å². The molecule has 0 spiro atoms. The van der Waals surface area contributed by atoms with Crippen molar-refractivity contribution in [3.05, 3.63) is 54.1 Å². The van der Waals surface area contributed by atoms with E-state index in [9.17, 15) is 13.2 Å². The summed E-state index contributed by atoms with van der Waals surface area (Å²) in [6.45, 7) is 0. The molecule has 0 saturated carbocycles. The fourth-order valence-electron chi connectivity index (χ4n) is 2.28. The largest absolute Gasteiger partial charge is 0.480 e. The van der Waals surface area contributed by atoms with E-state index in [0.29, 0.717) is 17.9 Å². The Morgan fingerprint density at radius 1 is 1.14 bits per heavy atom. The Morgan fingerprint density at radius 3 is 2.45 bits per heavy atom. The van der Waals surface area contributed by atoms with Crippen LogP contribution in [-0.4, -0.2) is 20.4 Å². The summed E-state index contributed by atoms with van der Waals surface area (Å²) in [4.78, 5) is 12.2. The molecule has 1 aliphatic heterocycles. The van der Waals surface area contributed by atoms with Gasteiger partial charge < -0.3 is 10.1 Å². The molecule has 2 aromatic carbocycles. The molecule has 22 heavy (non-hydrogen) atoms. The van der Waals surface area contributed by atoms with Crippen LogP contribution in [0.3, 0.4) is 0 Å². The molecule has 3 N–H and O–H groups in total. The lowest BCUT2D eigenvalue weighted by Gasteiger charge is -2.11. The van der Waals surface area contributed by atoms with Crippen molar-refractivity contribution < 1.29 is 17.9 Å². The molecule has 2 aromatic rings. The molecule has 0 fully saturated rings. The Hall–Kier alpha value is -2.38. The van der Waals surface area contributed by atoms with Crippen LogP contribution >= 0.6 is 0 Å².